The average molecular weight is 372 g/mol. The van der Waals surface area contributed by atoms with E-state index in [9.17, 15) is 9.59 Å². The summed E-state index contributed by atoms with van der Waals surface area (Å²) in [5.41, 5.74) is 1.70. The van der Waals surface area contributed by atoms with E-state index in [2.05, 4.69) is 15.9 Å². The van der Waals surface area contributed by atoms with Crippen molar-refractivity contribution < 1.29 is 19.1 Å². The smallest absolute Gasteiger partial charge is 0.410 e. The lowest BCUT2D eigenvalue weighted by Gasteiger charge is -2.35. The van der Waals surface area contributed by atoms with Crippen LogP contribution in [0.15, 0.2) is 21.7 Å². The fourth-order valence-electron chi connectivity index (χ4n) is 2.62. The van der Waals surface area contributed by atoms with Gasteiger partial charge in [-0.3, -0.25) is 4.79 Å². The maximum Gasteiger partial charge on any atom is 0.410 e. The standard InChI is InChI=1S/C16H22BrNO4/c1-16(2,3)22-15(20)18-6-5-10-7-11(14(19)21-4)8-13(17)12(10)9-18/h7,11H,5-6,8-9H2,1-4H3. The molecule has 1 amide bonds. The zero-order valence-corrected chi connectivity index (χ0v) is 15.0. The highest BCUT2D eigenvalue weighted by Gasteiger charge is 2.32. The molecule has 0 aromatic rings. The van der Waals surface area contributed by atoms with E-state index in [4.69, 9.17) is 9.47 Å². The Morgan fingerprint density at radius 3 is 2.64 bits per heavy atom. The topological polar surface area (TPSA) is 55.8 Å². The molecule has 0 spiro atoms. The van der Waals surface area contributed by atoms with Crippen molar-refractivity contribution in [2.24, 2.45) is 5.92 Å². The molecule has 122 valence electrons. The van der Waals surface area contributed by atoms with Crippen LogP contribution in [-0.2, 0) is 14.3 Å². The van der Waals surface area contributed by atoms with Crippen LogP contribution in [-0.4, -0.2) is 42.8 Å². The first-order valence-corrected chi connectivity index (χ1v) is 8.15. The van der Waals surface area contributed by atoms with Crippen LogP contribution in [0.1, 0.15) is 33.6 Å². The molecule has 2 rings (SSSR count). The summed E-state index contributed by atoms with van der Waals surface area (Å²) in [6.07, 6.45) is 2.97. The highest BCUT2D eigenvalue weighted by atomic mass is 79.9. The van der Waals surface area contributed by atoms with Gasteiger partial charge in [0.05, 0.1) is 19.6 Å². The summed E-state index contributed by atoms with van der Waals surface area (Å²) in [4.78, 5) is 25.6. The van der Waals surface area contributed by atoms with E-state index in [-0.39, 0.29) is 18.0 Å². The van der Waals surface area contributed by atoms with Gasteiger partial charge in [-0.25, -0.2) is 4.79 Å². The molecule has 2 aliphatic rings. The molecule has 0 radical (unpaired) electrons. The molecule has 0 N–H and O–H groups in total. The quantitative estimate of drug-likeness (QED) is 0.662. The third-order valence-corrected chi connectivity index (χ3v) is 4.47. The Morgan fingerprint density at radius 2 is 2.05 bits per heavy atom. The number of piperidine rings is 1. The van der Waals surface area contributed by atoms with Crippen LogP contribution in [0.3, 0.4) is 0 Å². The van der Waals surface area contributed by atoms with E-state index in [1.807, 2.05) is 26.8 Å². The molecule has 1 fully saturated rings. The predicted molar refractivity (Wildman–Crippen MR) is 86.6 cm³/mol. The maximum absolute atomic E-state index is 12.2. The molecule has 1 heterocycles. The highest BCUT2D eigenvalue weighted by molar-refractivity contribution is 9.11. The van der Waals surface area contributed by atoms with E-state index in [1.54, 1.807) is 4.90 Å². The number of nitrogens with zero attached hydrogens (tertiary/aromatic N) is 1. The second kappa shape index (κ2) is 6.44. The third-order valence-electron chi connectivity index (χ3n) is 3.67. The molecule has 6 heteroatoms. The summed E-state index contributed by atoms with van der Waals surface area (Å²) in [7, 11) is 1.40. The number of hydrogen-bond acceptors (Lipinski definition) is 4. The molecule has 1 aliphatic carbocycles. The summed E-state index contributed by atoms with van der Waals surface area (Å²) < 4.78 is 11.2. The van der Waals surface area contributed by atoms with Crippen molar-refractivity contribution in [3.63, 3.8) is 0 Å². The third kappa shape index (κ3) is 3.91. The van der Waals surface area contributed by atoms with Crippen LogP contribution in [0.5, 0.6) is 0 Å². The first-order valence-electron chi connectivity index (χ1n) is 7.35. The Morgan fingerprint density at radius 1 is 1.36 bits per heavy atom. The summed E-state index contributed by atoms with van der Waals surface area (Å²) in [6, 6.07) is 0. The number of halogens is 1. The summed E-state index contributed by atoms with van der Waals surface area (Å²) >= 11 is 3.56. The Labute approximate surface area is 139 Å². The van der Waals surface area contributed by atoms with Gasteiger partial charge in [0, 0.05) is 11.0 Å². The molecule has 1 atom stereocenters. The van der Waals surface area contributed by atoms with Crippen molar-refractivity contribution in [1.82, 2.24) is 4.90 Å². The second-order valence-corrected chi connectivity index (χ2v) is 7.52. The number of carbonyl (C=O) groups is 2. The second-order valence-electron chi connectivity index (χ2n) is 6.56. The van der Waals surface area contributed by atoms with Gasteiger partial charge in [0.15, 0.2) is 0 Å². The zero-order chi connectivity index (χ0) is 16.5. The van der Waals surface area contributed by atoms with Crippen LogP contribution in [0.2, 0.25) is 0 Å². The molecule has 1 saturated heterocycles. The maximum atomic E-state index is 12.2. The van der Waals surface area contributed by atoms with Gasteiger partial charge in [-0.1, -0.05) is 22.0 Å². The summed E-state index contributed by atoms with van der Waals surface area (Å²) in [6.45, 7) is 6.68. The van der Waals surface area contributed by atoms with E-state index >= 15 is 0 Å². The SMILES string of the molecule is COC(=O)C1C=C2CCN(C(=O)OC(C)(C)C)CC2=C(Br)C1. The Balaban J connectivity index is 2.10. The van der Waals surface area contributed by atoms with Crippen molar-refractivity contribution in [1.29, 1.82) is 0 Å². The molecule has 22 heavy (non-hydrogen) atoms. The average Bonchev–Trinajstić information content (AvgIpc) is 2.44. The summed E-state index contributed by atoms with van der Waals surface area (Å²) in [5, 5.41) is 0. The van der Waals surface area contributed by atoms with E-state index in [1.165, 1.54) is 7.11 Å². The van der Waals surface area contributed by atoms with E-state index in [0.29, 0.717) is 19.5 Å². The van der Waals surface area contributed by atoms with Crippen LogP contribution in [0.25, 0.3) is 0 Å². The van der Waals surface area contributed by atoms with Gasteiger partial charge >= 0.3 is 12.1 Å². The lowest BCUT2D eigenvalue weighted by atomic mass is 9.86. The van der Waals surface area contributed by atoms with Crippen molar-refractivity contribution in [3.05, 3.63) is 21.7 Å². The molecule has 0 saturated carbocycles. The van der Waals surface area contributed by atoms with Gasteiger partial charge in [-0.2, -0.15) is 0 Å². The number of hydrogen-bond donors (Lipinski definition) is 0. The fourth-order valence-corrected chi connectivity index (χ4v) is 3.35. The lowest BCUT2D eigenvalue weighted by Crippen LogP contribution is -2.42. The monoisotopic (exact) mass is 371 g/mol. The van der Waals surface area contributed by atoms with Gasteiger partial charge in [0.2, 0.25) is 0 Å². The van der Waals surface area contributed by atoms with Crippen molar-refractivity contribution in [3.8, 4) is 0 Å². The number of fused-ring (bicyclic) bond motifs is 1. The van der Waals surface area contributed by atoms with Gasteiger partial charge in [0.1, 0.15) is 5.60 Å². The van der Waals surface area contributed by atoms with Gasteiger partial charge in [-0.05, 0) is 44.8 Å². The van der Waals surface area contributed by atoms with Crippen molar-refractivity contribution >= 4 is 28.0 Å². The number of amides is 1. The molecule has 1 aliphatic heterocycles. The van der Waals surface area contributed by atoms with Crippen LogP contribution in [0, 0.1) is 5.92 Å². The largest absolute Gasteiger partial charge is 0.469 e. The molecular weight excluding hydrogens is 350 g/mol. The Kier molecular flexibility index (Phi) is 5.00. The van der Waals surface area contributed by atoms with Gasteiger partial charge in [0.25, 0.3) is 0 Å². The van der Waals surface area contributed by atoms with Crippen LogP contribution in [0.4, 0.5) is 4.79 Å². The van der Waals surface area contributed by atoms with E-state index in [0.717, 1.165) is 22.0 Å². The number of esters is 1. The predicted octanol–water partition coefficient (Wildman–Crippen LogP) is 3.40. The molecule has 0 bridgehead atoms. The number of rotatable bonds is 1. The van der Waals surface area contributed by atoms with Crippen molar-refractivity contribution in [2.75, 3.05) is 20.2 Å². The number of likely N-dealkylation sites (tertiary alicyclic amines) is 1. The Hall–Kier alpha value is -1.30. The fraction of sp³-hybridized carbons (Fsp3) is 0.625. The number of methoxy groups -OCH3 is 1. The minimum Gasteiger partial charge on any atom is -0.469 e. The van der Waals surface area contributed by atoms with Gasteiger partial charge < -0.3 is 14.4 Å². The lowest BCUT2D eigenvalue weighted by molar-refractivity contribution is -0.143. The molecule has 0 aromatic carbocycles. The summed E-state index contributed by atoms with van der Waals surface area (Å²) in [5.74, 6) is -0.468. The number of ether oxygens (including phenoxy) is 2. The normalized spacial score (nSPS) is 22.0. The number of allylic oxidation sites excluding steroid dienone is 1. The first-order chi connectivity index (χ1) is 10.2. The van der Waals surface area contributed by atoms with Crippen molar-refractivity contribution in [2.45, 2.75) is 39.2 Å². The van der Waals surface area contributed by atoms with Crippen LogP contribution >= 0.6 is 15.9 Å². The first kappa shape index (κ1) is 17.1. The number of carbonyl (C=O) groups excluding carboxylic acids is 2. The highest BCUT2D eigenvalue weighted by Crippen LogP contribution is 2.37. The van der Waals surface area contributed by atoms with Gasteiger partial charge in [-0.15, -0.1) is 0 Å². The van der Waals surface area contributed by atoms with E-state index < -0.39 is 5.60 Å². The molecular formula is C16H22BrNO4. The van der Waals surface area contributed by atoms with Crippen LogP contribution < -0.4 is 0 Å². The Bertz CT molecular complexity index is 545. The molecule has 5 nitrogen and oxygen atoms in total. The molecule has 0 aromatic heterocycles. The zero-order valence-electron chi connectivity index (χ0n) is 13.4. The minimum absolute atomic E-state index is 0.224. The minimum atomic E-state index is -0.499. The molecule has 1 unspecified atom stereocenters.